The minimum atomic E-state index is 0.493. The monoisotopic (exact) mass is 313 g/mol. The van der Waals surface area contributed by atoms with Gasteiger partial charge in [0.05, 0.1) is 15.7 Å². The predicted molar refractivity (Wildman–Crippen MR) is 84.4 cm³/mol. The Morgan fingerprint density at radius 1 is 1.37 bits per heavy atom. The first-order chi connectivity index (χ1) is 9.01. The Morgan fingerprint density at radius 2 is 2.11 bits per heavy atom. The van der Waals surface area contributed by atoms with Crippen molar-refractivity contribution < 1.29 is 0 Å². The fourth-order valence-electron chi connectivity index (χ4n) is 1.73. The van der Waals surface area contributed by atoms with E-state index in [9.17, 15) is 0 Å². The molecule has 0 aliphatic rings. The third-order valence-electron chi connectivity index (χ3n) is 2.61. The molecule has 0 spiro atoms. The number of halogens is 2. The number of hydrogen-bond acceptors (Lipinski definition) is 2. The smallest absolute Gasteiger partial charge is 0.183 e. The molecule has 2 rings (SSSR count). The van der Waals surface area contributed by atoms with E-state index in [1.165, 1.54) is 0 Å². The lowest BCUT2D eigenvalue weighted by atomic mass is 10.3. The molecule has 0 bridgehead atoms. The lowest BCUT2D eigenvalue weighted by Gasteiger charge is -2.11. The van der Waals surface area contributed by atoms with E-state index in [2.05, 4.69) is 10.3 Å². The van der Waals surface area contributed by atoms with Gasteiger partial charge < -0.3 is 5.32 Å². The van der Waals surface area contributed by atoms with Crippen LogP contribution in [0.4, 0.5) is 5.69 Å². The molecule has 0 radical (unpaired) electrons. The van der Waals surface area contributed by atoms with Gasteiger partial charge in [0.15, 0.2) is 5.11 Å². The summed E-state index contributed by atoms with van der Waals surface area (Å²) in [7, 11) is 0. The van der Waals surface area contributed by atoms with E-state index in [4.69, 9.17) is 35.4 Å². The maximum Gasteiger partial charge on any atom is 0.183 e. The zero-order chi connectivity index (χ0) is 14.0. The highest BCUT2D eigenvalue weighted by molar-refractivity contribution is 7.80. The zero-order valence-corrected chi connectivity index (χ0v) is 12.9. The summed E-state index contributed by atoms with van der Waals surface area (Å²) in [5, 5.41) is 4.70. The summed E-state index contributed by atoms with van der Waals surface area (Å²) in [6.45, 7) is 3.98. The molecule has 0 atom stereocenters. The first kappa shape index (κ1) is 14.3. The molecule has 19 heavy (non-hydrogen) atoms. The number of benzene rings is 1. The Kier molecular flexibility index (Phi) is 4.45. The SMILES string of the molecule is CCc1nc(C)cn1C(=S)Nc1ccc(Cl)c(Cl)c1. The van der Waals surface area contributed by atoms with Gasteiger partial charge in [0, 0.05) is 18.3 Å². The molecule has 1 aromatic heterocycles. The van der Waals surface area contributed by atoms with Crippen molar-refractivity contribution in [1.82, 2.24) is 9.55 Å². The number of nitrogens with zero attached hydrogens (tertiary/aromatic N) is 2. The molecule has 1 aromatic carbocycles. The van der Waals surface area contributed by atoms with Crippen LogP contribution in [-0.2, 0) is 6.42 Å². The standard InChI is InChI=1S/C13H13Cl2N3S/c1-3-12-16-8(2)7-18(12)13(19)17-9-4-5-10(14)11(15)6-9/h4-7H,3H2,1-2H3,(H,17,19). The molecule has 0 saturated carbocycles. The van der Waals surface area contributed by atoms with Gasteiger partial charge in [-0.05, 0) is 37.3 Å². The van der Waals surface area contributed by atoms with Crippen LogP contribution in [0, 0.1) is 6.92 Å². The number of hydrogen-bond donors (Lipinski definition) is 1. The normalized spacial score (nSPS) is 10.5. The second kappa shape index (κ2) is 5.90. The lowest BCUT2D eigenvalue weighted by Crippen LogP contribution is -2.20. The Labute approximate surface area is 127 Å². The van der Waals surface area contributed by atoms with Crippen LogP contribution in [0.15, 0.2) is 24.4 Å². The van der Waals surface area contributed by atoms with E-state index in [-0.39, 0.29) is 0 Å². The van der Waals surface area contributed by atoms with Crippen molar-refractivity contribution in [2.75, 3.05) is 5.32 Å². The van der Waals surface area contributed by atoms with Gasteiger partial charge in [0.2, 0.25) is 0 Å². The van der Waals surface area contributed by atoms with E-state index in [0.717, 1.165) is 23.6 Å². The molecule has 0 unspecified atom stereocenters. The number of thiocarbonyl (C=S) groups is 1. The quantitative estimate of drug-likeness (QED) is 0.838. The molecular formula is C13H13Cl2N3S. The van der Waals surface area contributed by atoms with Gasteiger partial charge in [-0.1, -0.05) is 30.1 Å². The predicted octanol–water partition coefficient (Wildman–Crippen LogP) is 4.31. The van der Waals surface area contributed by atoms with Gasteiger partial charge in [-0.15, -0.1) is 0 Å². The third-order valence-corrected chi connectivity index (χ3v) is 3.64. The van der Waals surface area contributed by atoms with Gasteiger partial charge in [-0.3, -0.25) is 4.57 Å². The summed E-state index contributed by atoms with van der Waals surface area (Å²) in [6.07, 6.45) is 2.72. The second-order valence-electron chi connectivity index (χ2n) is 4.08. The summed E-state index contributed by atoms with van der Waals surface area (Å²) < 4.78 is 1.87. The van der Waals surface area contributed by atoms with Crippen molar-refractivity contribution in [3.05, 3.63) is 46.0 Å². The van der Waals surface area contributed by atoms with Gasteiger partial charge in [0.25, 0.3) is 0 Å². The number of aromatic nitrogens is 2. The van der Waals surface area contributed by atoms with Crippen LogP contribution in [0.2, 0.25) is 10.0 Å². The van der Waals surface area contributed by atoms with E-state index in [1.807, 2.05) is 30.7 Å². The number of rotatable bonds is 2. The van der Waals surface area contributed by atoms with Gasteiger partial charge >= 0.3 is 0 Å². The maximum atomic E-state index is 5.97. The molecule has 2 aromatic rings. The van der Waals surface area contributed by atoms with Crippen molar-refractivity contribution in [2.45, 2.75) is 20.3 Å². The Hall–Kier alpha value is -1.10. The van der Waals surface area contributed by atoms with Crippen LogP contribution in [0.25, 0.3) is 0 Å². The average Bonchev–Trinajstić information content (AvgIpc) is 2.75. The van der Waals surface area contributed by atoms with Crippen LogP contribution in [0.1, 0.15) is 18.4 Å². The molecule has 1 N–H and O–H groups in total. The van der Waals surface area contributed by atoms with Crippen molar-refractivity contribution in [3.8, 4) is 0 Å². The zero-order valence-electron chi connectivity index (χ0n) is 10.6. The van der Waals surface area contributed by atoms with Crippen molar-refractivity contribution in [3.63, 3.8) is 0 Å². The Morgan fingerprint density at radius 3 is 2.74 bits per heavy atom. The molecular weight excluding hydrogens is 301 g/mol. The van der Waals surface area contributed by atoms with E-state index in [1.54, 1.807) is 12.1 Å². The third kappa shape index (κ3) is 3.26. The summed E-state index contributed by atoms with van der Waals surface area (Å²) >= 11 is 17.2. The fourth-order valence-corrected chi connectivity index (χ4v) is 2.30. The average molecular weight is 314 g/mol. The highest BCUT2D eigenvalue weighted by atomic mass is 35.5. The van der Waals surface area contributed by atoms with Gasteiger partial charge in [-0.25, -0.2) is 4.98 Å². The van der Waals surface area contributed by atoms with Crippen molar-refractivity contribution >= 4 is 46.2 Å². The highest BCUT2D eigenvalue weighted by Gasteiger charge is 2.09. The topological polar surface area (TPSA) is 29.9 Å². The molecule has 0 aliphatic carbocycles. The molecule has 0 amide bonds. The summed E-state index contributed by atoms with van der Waals surface area (Å²) in [6, 6.07) is 5.30. The van der Waals surface area contributed by atoms with Crippen LogP contribution in [-0.4, -0.2) is 14.7 Å². The van der Waals surface area contributed by atoms with Crippen LogP contribution >= 0.6 is 35.4 Å². The molecule has 0 fully saturated rings. The van der Waals surface area contributed by atoms with Crippen LogP contribution in [0.5, 0.6) is 0 Å². The largest absolute Gasteiger partial charge is 0.332 e. The molecule has 1 heterocycles. The lowest BCUT2D eigenvalue weighted by molar-refractivity contribution is 0.927. The number of anilines is 1. The summed E-state index contributed by atoms with van der Waals surface area (Å²) in [5.74, 6) is 0.926. The van der Waals surface area contributed by atoms with Crippen molar-refractivity contribution in [1.29, 1.82) is 0 Å². The Bertz CT molecular complexity index is 622. The first-order valence-electron chi connectivity index (χ1n) is 5.82. The van der Waals surface area contributed by atoms with Crippen LogP contribution < -0.4 is 5.32 Å². The molecule has 3 nitrogen and oxygen atoms in total. The summed E-state index contributed by atoms with van der Waals surface area (Å²) in [4.78, 5) is 4.41. The van der Waals surface area contributed by atoms with E-state index >= 15 is 0 Å². The number of imidazole rings is 1. The molecule has 0 saturated heterocycles. The molecule has 6 heteroatoms. The Balaban J connectivity index is 2.22. The first-order valence-corrected chi connectivity index (χ1v) is 6.99. The minimum absolute atomic E-state index is 0.493. The van der Waals surface area contributed by atoms with E-state index < -0.39 is 0 Å². The minimum Gasteiger partial charge on any atom is -0.332 e. The van der Waals surface area contributed by atoms with Crippen LogP contribution in [0.3, 0.4) is 0 Å². The maximum absolute atomic E-state index is 5.97. The highest BCUT2D eigenvalue weighted by Crippen LogP contribution is 2.25. The fraction of sp³-hybridized carbons (Fsp3) is 0.231. The second-order valence-corrected chi connectivity index (χ2v) is 5.28. The number of aryl methyl sites for hydroxylation is 2. The van der Waals surface area contributed by atoms with Gasteiger partial charge in [-0.2, -0.15) is 0 Å². The van der Waals surface area contributed by atoms with Gasteiger partial charge in [0.1, 0.15) is 5.82 Å². The number of nitrogens with one attached hydrogen (secondary N) is 1. The molecule has 100 valence electrons. The van der Waals surface area contributed by atoms with E-state index in [0.29, 0.717) is 15.2 Å². The van der Waals surface area contributed by atoms with Crippen molar-refractivity contribution in [2.24, 2.45) is 0 Å². The summed E-state index contributed by atoms with van der Waals surface area (Å²) in [5.41, 5.74) is 1.74. The molecule has 0 aliphatic heterocycles.